The normalized spacial score (nSPS) is 17.9. The van der Waals surface area contributed by atoms with E-state index in [0.29, 0.717) is 11.6 Å². The van der Waals surface area contributed by atoms with Crippen LogP contribution in [0.1, 0.15) is 35.4 Å². The van der Waals surface area contributed by atoms with Gasteiger partial charge in [-0.3, -0.25) is 0 Å². The first-order valence-corrected chi connectivity index (χ1v) is 14.1. The maximum Gasteiger partial charge on any atom is 0.318 e. The number of nitrogens with two attached hydrogens (primary N) is 2. The monoisotopic (exact) mass is 586 g/mol. The van der Waals surface area contributed by atoms with E-state index in [4.69, 9.17) is 20.9 Å². The molecule has 212 valence electrons. The average molecular weight is 587 g/mol. The minimum absolute atomic E-state index is 0.0363. The first-order valence-electron chi connectivity index (χ1n) is 13.3. The second-order valence-electron chi connectivity index (χ2n) is 10.3. The van der Waals surface area contributed by atoms with Gasteiger partial charge in [0.05, 0.1) is 23.4 Å². The predicted molar refractivity (Wildman–Crippen MR) is 156 cm³/mol. The third kappa shape index (κ3) is 3.71. The Morgan fingerprint density at radius 1 is 1.17 bits per heavy atom. The van der Waals surface area contributed by atoms with E-state index in [0.717, 1.165) is 41.7 Å². The van der Waals surface area contributed by atoms with Crippen LogP contribution in [0.5, 0.6) is 11.9 Å². The van der Waals surface area contributed by atoms with Gasteiger partial charge in [0.15, 0.2) is 5.82 Å². The summed E-state index contributed by atoms with van der Waals surface area (Å²) in [5.74, 6) is -0.408. The number of hydrogen-bond acceptors (Lipinski definition) is 11. The van der Waals surface area contributed by atoms with E-state index in [9.17, 15) is 9.65 Å². The Kier molecular flexibility index (Phi) is 5.98. The van der Waals surface area contributed by atoms with Gasteiger partial charge < -0.3 is 25.8 Å². The summed E-state index contributed by atoms with van der Waals surface area (Å²) in [7, 11) is 3.27. The van der Waals surface area contributed by atoms with Gasteiger partial charge in [-0.05, 0) is 43.0 Å². The van der Waals surface area contributed by atoms with Crippen LogP contribution in [0, 0.1) is 23.0 Å². The molecule has 1 aromatic carbocycles. The molecule has 5 heterocycles. The minimum atomic E-state index is -0.788. The lowest BCUT2D eigenvalue weighted by molar-refractivity contribution is 0.256. The summed E-state index contributed by atoms with van der Waals surface area (Å²) in [5.41, 5.74) is 14.6. The maximum atomic E-state index is 16.5. The molecular formula is C29H24F2N8O2S. The van der Waals surface area contributed by atoms with Crippen molar-refractivity contribution in [2.24, 2.45) is 0 Å². The number of nitrogen functional groups attached to an aromatic ring is 2. The van der Waals surface area contributed by atoms with Crippen molar-refractivity contribution in [1.82, 2.24) is 19.9 Å². The highest BCUT2D eigenvalue weighted by atomic mass is 32.1. The molecule has 1 aliphatic carbocycles. The smallest absolute Gasteiger partial charge is 0.318 e. The topological polar surface area (TPSA) is 149 Å². The molecule has 2 unspecified atom stereocenters. The Bertz CT molecular complexity index is 1970. The molecule has 0 amide bonds. The van der Waals surface area contributed by atoms with E-state index in [2.05, 4.69) is 19.9 Å². The van der Waals surface area contributed by atoms with Gasteiger partial charge >= 0.3 is 6.01 Å². The van der Waals surface area contributed by atoms with Crippen molar-refractivity contribution in [3.05, 3.63) is 52.7 Å². The largest absolute Gasteiger partial charge is 0.475 e. The van der Waals surface area contributed by atoms with Gasteiger partial charge in [-0.1, -0.05) is 0 Å². The van der Waals surface area contributed by atoms with Crippen LogP contribution in [0.25, 0.3) is 32.2 Å². The quantitative estimate of drug-likeness (QED) is 0.298. The summed E-state index contributed by atoms with van der Waals surface area (Å²) in [6, 6.07) is 6.31. The number of fused-ring (bicyclic) bond motifs is 2. The summed E-state index contributed by atoms with van der Waals surface area (Å²) in [4.78, 5) is 19.8. The number of halogens is 2. The van der Waals surface area contributed by atoms with Gasteiger partial charge in [0.2, 0.25) is 5.88 Å². The molecule has 4 N–H and O–H groups in total. The van der Waals surface area contributed by atoms with Crippen LogP contribution in [0.3, 0.4) is 0 Å². The van der Waals surface area contributed by atoms with Crippen LogP contribution < -0.4 is 25.8 Å². The van der Waals surface area contributed by atoms with Crippen molar-refractivity contribution >= 4 is 49.0 Å². The third-order valence-electron chi connectivity index (χ3n) is 8.21. The number of anilines is 3. The Labute approximate surface area is 242 Å². The Morgan fingerprint density at radius 3 is 2.79 bits per heavy atom. The molecule has 2 aliphatic rings. The number of thiophene rings is 1. The summed E-state index contributed by atoms with van der Waals surface area (Å²) in [6.07, 6.45) is 4.43. The number of benzene rings is 1. The number of likely N-dealkylation sites (N-methyl/N-ethyl adjacent to an activating group) is 1. The molecule has 0 spiro atoms. The molecule has 4 aromatic heterocycles. The van der Waals surface area contributed by atoms with Gasteiger partial charge in [-0.2, -0.15) is 15.2 Å². The second kappa shape index (κ2) is 9.63. The highest BCUT2D eigenvalue weighted by Gasteiger charge is 2.38. The summed E-state index contributed by atoms with van der Waals surface area (Å²) < 4.78 is 43.1. The molecule has 0 saturated carbocycles. The first-order chi connectivity index (χ1) is 20.3. The number of ether oxygens (including phenoxy) is 2. The highest BCUT2D eigenvalue weighted by molar-refractivity contribution is 7.23. The average Bonchev–Trinajstić information content (AvgIpc) is 3.27. The number of pyridine rings is 2. The number of hydrogen-bond donors (Lipinski definition) is 2. The lowest BCUT2D eigenvalue weighted by Gasteiger charge is -2.37. The van der Waals surface area contributed by atoms with Gasteiger partial charge in [0.1, 0.15) is 51.7 Å². The molecule has 42 heavy (non-hydrogen) atoms. The van der Waals surface area contributed by atoms with Crippen LogP contribution >= 0.6 is 11.3 Å². The molecule has 0 fully saturated rings. The van der Waals surface area contributed by atoms with Crippen LogP contribution in [0.2, 0.25) is 0 Å². The summed E-state index contributed by atoms with van der Waals surface area (Å²) in [5, 5.41) is 10.4. The van der Waals surface area contributed by atoms with E-state index >= 15 is 4.39 Å². The molecule has 0 radical (unpaired) electrons. The number of aromatic nitrogens is 4. The van der Waals surface area contributed by atoms with Crippen LogP contribution in [0.15, 0.2) is 24.4 Å². The zero-order chi connectivity index (χ0) is 29.3. The van der Waals surface area contributed by atoms with E-state index in [-0.39, 0.29) is 73.3 Å². The van der Waals surface area contributed by atoms with Crippen molar-refractivity contribution in [2.45, 2.75) is 31.2 Å². The van der Waals surface area contributed by atoms with E-state index in [1.807, 2.05) is 24.1 Å². The maximum absolute atomic E-state index is 16.5. The van der Waals surface area contributed by atoms with Crippen LogP contribution in [-0.2, 0) is 6.42 Å². The van der Waals surface area contributed by atoms with Crippen molar-refractivity contribution in [3.8, 4) is 29.2 Å². The van der Waals surface area contributed by atoms with Gasteiger partial charge in [-0.25, -0.2) is 18.7 Å². The fraction of sp³-hybridized carbons (Fsp3) is 0.276. The van der Waals surface area contributed by atoms with Crippen molar-refractivity contribution in [1.29, 1.82) is 5.26 Å². The summed E-state index contributed by atoms with van der Waals surface area (Å²) in [6.45, 7) is 0.189. The minimum Gasteiger partial charge on any atom is -0.475 e. The van der Waals surface area contributed by atoms with Crippen molar-refractivity contribution in [3.63, 3.8) is 0 Å². The zero-order valence-corrected chi connectivity index (χ0v) is 23.4. The molecule has 10 nitrogen and oxygen atoms in total. The van der Waals surface area contributed by atoms with Gasteiger partial charge in [-0.15, -0.1) is 11.3 Å². The zero-order valence-electron chi connectivity index (χ0n) is 22.6. The predicted octanol–water partition coefficient (Wildman–Crippen LogP) is 4.94. The molecule has 7 rings (SSSR count). The molecule has 0 saturated heterocycles. The lowest BCUT2D eigenvalue weighted by atomic mass is 9.78. The van der Waals surface area contributed by atoms with Crippen LogP contribution in [0.4, 0.5) is 25.4 Å². The van der Waals surface area contributed by atoms with Gasteiger partial charge in [0, 0.05) is 35.7 Å². The number of nitrogens with zero attached hydrogens (tertiary/aromatic N) is 6. The summed E-state index contributed by atoms with van der Waals surface area (Å²) >= 11 is 0.924. The third-order valence-corrected chi connectivity index (χ3v) is 9.24. The fourth-order valence-electron chi connectivity index (χ4n) is 6.27. The fourth-order valence-corrected chi connectivity index (χ4v) is 7.22. The van der Waals surface area contributed by atoms with Crippen LogP contribution in [-0.4, -0.2) is 46.7 Å². The Morgan fingerprint density at radius 2 is 2.00 bits per heavy atom. The first kappa shape index (κ1) is 26.1. The molecule has 2 atom stereocenters. The van der Waals surface area contributed by atoms with Crippen molar-refractivity contribution in [2.75, 3.05) is 37.1 Å². The molecule has 1 aliphatic heterocycles. The van der Waals surface area contributed by atoms with Gasteiger partial charge in [0.25, 0.3) is 0 Å². The molecular weight excluding hydrogens is 562 g/mol. The Hall–Kier alpha value is -4.83. The standard InChI is InChI=1S/C29H24F2N8O2S/c1-39-17(13-5-3-4-12-8-9-35-25(33)18(12)13)11-41-28-20-23(37-29(40-2)38-27(20)39)21(31)22(36-28)14-6-7-16(30)24-19(14)15(10-32)26(34)42-24/h6-9,13,17H,3-5,11,34H2,1-2H3,(H2,33,35). The molecule has 0 bridgehead atoms. The van der Waals surface area contributed by atoms with E-state index < -0.39 is 11.6 Å². The molecule has 13 heteroatoms. The number of nitriles is 1. The number of aryl methyl sites for hydroxylation is 1. The van der Waals surface area contributed by atoms with E-state index in [1.165, 1.54) is 19.2 Å². The van der Waals surface area contributed by atoms with E-state index in [1.54, 1.807) is 6.20 Å². The van der Waals surface area contributed by atoms with Crippen molar-refractivity contribution < 1.29 is 18.3 Å². The lowest BCUT2D eigenvalue weighted by Crippen LogP contribution is -2.42. The number of rotatable bonds is 3. The molecule has 5 aromatic rings. The Balaban J connectivity index is 1.45. The second-order valence-corrected chi connectivity index (χ2v) is 11.4. The number of methoxy groups -OCH3 is 1. The highest BCUT2D eigenvalue weighted by Crippen LogP contribution is 2.46. The SMILES string of the molecule is COc1nc2c3c(nc(-c4ccc(F)c5sc(N)c(C#N)c45)c(F)c3n1)OCC(C1CCCc3ccnc(N)c31)N2C.